The van der Waals surface area contributed by atoms with Crippen molar-refractivity contribution >= 4 is 34.3 Å². The molecule has 1 aromatic heterocycles. The summed E-state index contributed by atoms with van der Waals surface area (Å²) in [5, 5.41) is 10.7. The number of nitrogens with zero attached hydrogens (tertiary/aromatic N) is 4. The van der Waals surface area contributed by atoms with E-state index in [0.717, 1.165) is 21.6 Å². The van der Waals surface area contributed by atoms with Crippen LogP contribution in [0.5, 0.6) is 0 Å². The van der Waals surface area contributed by atoms with Crippen LogP contribution in [-0.2, 0) is 4.79 Å². The van der Waals surface area contributed by atoms with E-state index < -0.39 is 0 Å². The van der Waals surface area contributed by atoms with Crippen molar-refractivity contribution in [2.75, 3.05) is 17.2 Å². The zero-order valence-corrected chi connectivity index (χ0v) is 14.5. The number of aromatic nitrogens is 2. The van der Waals surface area contributed by atoms with Crippen LogP contribution in [0, 0.1) is 18.3 Å². The van der Waals surface area contributed by atoms with Gasteiger partial charge in [0.25, 0.3) is 0 Å². The number of thioether (sulfide) groups is 1. The second-order valence-electron chi connectivity index (χ2n) is 5.36. The fourth-order valence-electron chi connectivity index (χ4n) is 2.48. The second kappa shape index (κ2) is 7.77. The van der Waals surface area contributed by atoms with Crippen LogP contribution in [-0.4, -0.2) is 28.2 Å². The molecule has 0 bridgehead atoms. The zero-order valence-electron chi connectivity index (χ0n) is 13.7. The number of aryl methyl sites for hydroxylation is 1. The summed E-state index contributed by atoms with van der Waals surface area (Å²) in [6.07, 6.45) is 0. The van der Waals surface area contributed by atoms with E-state index in [1.807, 2.05) is 61.5 Å². The Kier molecular flexibility index (Phi) is 5.26. The zero-order chi connectivity index (χ0) is 17.6. The number of anilines is 1. The van der Waals surface area contributed by atoms with Crippen molar-refractivity contribution in [1.82, 2.24) is 9.97 Å². The molecule has 0 radical (unpaired) electrons. The van der Waals surface area contributed by atoms with Gasteiger partial charge < -0.3 is 0 Å². The lowest BCUT2D eigenvalue weighted by Gasteiger charge is -2.19. The number of carbonyl (C=O) groups excluding carboxylic acids is 1. The number of hydrogen-bond donors (Lipinski definition) is 0. The fraction of sp³-hybridized carbons (Fsp3) is 0.158. The third kappa shape index (κ3) is 3.95. The molecule has 0 aliphatic heterocycles. The van der Waals surface area contributed by atoms with Gasteiger partial charge in [-0.05, 0) is 25.1 Å². The van der Waals surface area contributed by atoms with Crippen molar-refractivity contribution in [3.8, 4) is 6.07 Å². The molecule has 1 amide bonds. The number of amides is 1. The summed E-state index contributed by atoms with van der Waals surface area (Å²) in [7, 11) is 0. The van der Waals surface area contributed by atoms with Gasteiger partial charge >= 0.3 is 0 Å². The summed E-state index contributed by atoms with van der Waals surface area (Å²) < 4.78 is 0. The quantitative estimate of drug-likeness (QED) is 0.400. The van der Waals surface area contributed by atoms with E-state index in [1.54, 1.807) is 0 Å². The monoisotopic (exact) mass is 348 g/mol. The Morgan fingerprint density at radius 2 is 1.84 bits per heavy atom. The minimum atomic E-state index is -0.127. The second-order valence-corrected chi connectivity index (χ2v) is 6.32. The Balaban J connectivity index is 1.81. The standard InChI is InChI=1S/C19H16N4OS/c1-14-21-17-10-6-5-9-16(17)19(22-14)25-13-18(24)23(12-11-20)15-7-3-2-4-8-15/h2-10H,12-13H2,1H3. The van der Waals surface area contributed by atoms with E-state index >= 15 is 0 Å². The van der Waals surface area contributed by atoms with Gasteiger partial charge in [0.05, 0.1) is 17.3 Å². The van der Waals surface area contributed by atoms with Crippen LogP contribution in [0.2, 0.25) is 0 Å². The Bertz CT molecular complexity index is 937. The first-order chi connectivity index (χ1) is 12.2. The van der Waals surface area contributed by atoms with Gasteiger partial charge in [-0.25, -0.2) is 9.97 Å². The van der Waals surface area contributed by atoms with Gasteiger partial charge in [0.15, 0.2) is 0 Å². The summed E-state index contributed by atoms with van der Waals surface area (Å²) in [5.41, 5.74) is 1.58. The van der Waals surface area contributed by atoms with E-state index in [9.17, 15) is 4.79 Å². The average Bonchev–Trinajstić information content (AvgIpc) is 2.64. The summed E-state index contributed by atoms with van der Waals surface area (Å²) in [4.78, 5) is 23.0. The van der Waals surface area contributed by atoms with Crippen molar-refractivity contribution in [3.63, 3.8) is 0 Å². The van der Waals surface area contributed by atoms with Crippen molar-refractivity contribution < 1.29 is 4.79 Å². The van der Waals surface area contributed by atoms with E-state index in [1.165, 1.54) is 16.7 Å². The summed E-state index contributed by atoms with van der Waals surface area (Å²) in [6.45, 7) is 1.86. The summed E-state index contributed by atoms with van der Waals surface area (Å²) in [5.74, 6) is 0.750. The molecular weight excluding hydrogens is 332 g/mol. The lowest BCUT2D eigenvalue weighted by molar-refractivity contribution is -0.116. The molecule has 0 atom stereocenters. The Morgan fingerprint density at radius 1 is 1.12 bits per heavy atom. The van der Waals surface area contributed by atoms with Crippen molar-refractivity contribution in [3.05, 3.63) is 60.4 Å². The third-order valence-electron chi connectivity index (χ3n) is 3.61. The highest BCUT2D eigenvalue weighted by Crippen LogP contribution is 2.26. The molecule has 124 valence electrons. The maximum atomic E-state index is 12.6. The van der Waals surface area contributed by atoms with Gasteiger partial charge in [0.1, 0.15) is 17.4 Å². The molecule has 3 rings (SSSR count). The minimum absolute atomic E-state index is 0.0208. The molecule has 1 heterocycles. The third-order valence-corrected chi connectivity index (χ3v) is 4.59. The van der Waals surface area contributed by atoms with E-state index in [4.69, 9.17) is 5.26 Å². The maximum absolute atomic E-state index is 12.6. The highest BCUT2D eigenvalue weighted by Gasteiger charge is 2.17. The number of benzene rings is 2. The van der Waals surface area contributed by atoms with Gasteiger partial charge in [0.2, 0.25) is 5.91 Å². The van der Waals surface area contributed by atoms with Crippen LogP contribution in [0.15, 0.2) is 59.6 Å². The normalized spacial score (nSPS) is 10.4. The Morgan fingerprint density at radius 3 is 2.60 bits per heavy atom. The first kappa shape index (κ1) is 16.9. The van der Waals surface area contributed by atoms with Crippen LogP contribution in [0.25, 0.3) is 10.9 Å². The molecule has 0 unspecified atom stereocenters. The topological polar surface area (TPSA) is 69.9 Å². The van der Waals surface area contributed by atoms with Crippen molar-refractivity contribution in [1.29, 1.82) is 5.26 Å². The number of fused-ring (bicyclic) bond motifs is 1. The highest BCUT2D eigenvalue weighted by atomic mass is 32.2. The molecule has 2 aromatic carbocycles. The molecule has 6 heteroatoms. The molecule has 0 aliphatic carbocycles. The number of hydrogen-bond acceptors (Lipinski definition) is 5. The first-order valence-electron chi connectivity index (χ1n) is 7.77. The summed E-state index contributed by atoms with van der Waals surface area (Å²) >= 11 is 1.37. The molecule has 0 fully saturated rings. The van der Waals surface area contributed by atoms with Crippen LogP contribution in [0.4, 0.5) is 5.69 Å². The molecule has 0 N–H and O–H groups in total. The SMILES string of the molecule is Cc1nc(SCC(=O)N(CC#N)c2ccccc2)c2ccccc2n1. The van der Waals surface area contributed by atoms with Crippen LogP contribution >= 0.6 is 11.8 Å². The van der Waals surface area contributed by atoms with Crippen molar-refractivity contribution in [2.45, 2.75) is 11.9 Å². The predicted octanol–water partition coefficient (Wildman–Crippen LogP) is 3.59. The molecule has 0 spiro atoms. The van der Waals surface area contributed by atoms with Crippen LogP contribution in [0.1, 0.15) is 5.82 Å². The predicted molar refractivity (Wildman–Crippen MR) is 99.4 cm³/mol. The van der Waals surface area contributed by atoms with Crippen LogP contribution < -0.4 is 4.90 Å². The molecular formula is C19H16N4OS. The van der Waals surface area contributed by atoms with Crippen LogP contribution in [0.3, 0.4) is 0 Å². The molecule has 0 saturated carbocycles. The van der Waals surface area contributed by atoms with Gasteiger partial charge in [-0.1, -0.05) is 48.2 Å². The van der Waals surface area contributed by atoms with Gasteiger partial charge in [0, 0.05) is 11.1 Å². The molecule has 3 aromatic rings. The Labute approximate surface area is 150 Å². The molecule has 0 aliphatic rings. The molecule has 25 heavy (non-hydrogen) atoms. The van der Waals surface area contributed by atoms with Gasteiger partial charge in [-0.2, -0.15) is 5.26 Å². The Hall–Kier alpha value is -2.91. The lowest BCUT2D eigenvalue weighted by atomic mass is 10.2. The highest BCUT2D eigenvalue weighted by molar-refractivity contribution is 8.00. The van der Waals surface area contributed by atoms with Crippen molar-refractivity contribution in [2.24, 2.45) is 0 Å². The number of carbonyl (C=O) groups is 1. The van der Waals surface area contributed by atoms with E-state index in [2.05, 4.69) is 16.0 Å². The minimum Gasteiger partial charge on any atom is -0.298 e. The fourth-order valence-corrected chi connectivity index (χ4v) is 3.42. The molecule has 5 nitrogen and oxygen atoms in total. The number of nitriles is 1. The lowest BCUT2D eigenvalue weighted by Crippen LogP contribution is -2.32. The average molecular weight is 348 g/mol. The van der Waals surface area contributed by atoms with E-state index in [0.29, 0.717) is 5.82 Å². The number of para-hydroxylation sites is 2. The molecule has 0 saturated heterocycles. The smallest absolute Gasteiger partial charge is 0.238 e. The largest absolute Gasteiger partial charge is 0.298 e. The van der Waals surface area contributed by atoms with Gasteiger partial charge in [-0.15, -0.1) is 0 Å². The maximum Gasteiger partial charge on any atom is 0.238 e. The summed E-state index contributed by atoms with van der Waals surface area (Å²) in [6, 6.07) is 19.0. The number of rotatable bonds is 5. The van der Waals surface area contributed by atoms with Gasteiger partial charge in [-0.3, -0.25) is 9.69 Å². The van der Waals surface area contributed by atoms with E-state index in [-0.39, 0.29) is 18.2 Å². The first-order valence-corrected chi connectivity index (χ1v) is 8.76.